The Labute approximate surface area is 204 Å². The van der Waals surface area contributed by atoms with Crippen LogP contribution in [0.3, 0.4) is 0 Å². The van der Waals surface area contributed by atoms with Crippen molar-refractivity contribution in [1.29, 1.82) is 5.26 Å². The van der Waals surface area contributed by atoms with Gasteiger partial charge in [-0.05, 0) is 48.2 Å². The maximum absolute atomic E-state index is 14.3. The van der Waals surface area contributed by atoms with E-state index in [1.807, 2.05) is 37.3 Å². The summed E-state index contributed by atoms with van der Waals surface area (Å²) in [5, 5.41) is 21.5. The van der Waals surface area contributed by atoms with Gasteiger partial charge in [0.25, 0.3) is 5.56 Å². The zero-order valence-corrected chi connectivity index (χ0v) is 19.1. The number of pyridine rings is 1. The normalized spacial score (nSPS) is 11.7. The van der Waals surface area contributed by atoms with Gasteiger partial charge in [-0.1, -0.05) is 24.3 Å². The zero-order chi connectivity index (χ0) is 25.2. The summed E-state index contributed by atoms with van der Waals surface area (Å²) in [5.41, 5.74) is 7.89. The summed E-state index contributed by atoms with van der Waals surface area (Å²) in [6.07, 6.45) is 4.47. The van der Waals surface area contributed by atoms with Gasteiger partial charge in [-0.15, -0.1) is 0 Å². The van der Waals surface area contributed by atoms with Gasteiger partial charge in [0.1, 0.15) is 23.3 Å². The molecule has 5 aromatic rings. The van der Waals surface area contributed by atoms with Crippen LogP contribution in [-0.4, -0.2) is 24.7 Å². The Bertz CT molecular complexity index is 1700. The highest BCUT2D eigenvalue weighted by Crippen LogP contribution is 2.30. The third kappa shape index (κ3) is 4.10. The van der Waals surface area contributed by atoms with Crippen molar-refractivity contribution in [3.05, 3.63) is 101 Å². The third-order valence-electron chi connectivity index (χ3n) is 5.76. The topological polar surface area (TPSA) is 135 Å². The number of nitrogens with two attached hydrogens (primary N) is 1. The molecule has 10 heteroatoms. The number of hydrogen-bond donors (Lipinski definition) is 2. The predicted octanol–water partition coefficient (Wildman–Crippen LogP) is 4.00. The summed E-state index contributed by atoms with van der Waals surface area (Å²) in [6, 6.07) is 16.5. The quantitative estimate of drug-likeness (QED) is 0.387. The van der Waals surface area contributed by atoms with Crippen LogP contribution in [-0.2, 0) is 0 Å². The van der Waals surface area contributed by atoms with Crippen LogP contribution >= 0.6 is 0 Å². The lowest BCUT2D eigenvalue weighted by Crippen LogP contribution is -2.26. The summed E-state index contributed by atoms with van der Waals surface area (Å²) in [6.45, 7) is 1.81. The van der Waals surface area contributed by atoms with Crippen LogP contribution in [0.15, 0.2) is 78.0 Å². The number of halogens is 1. The molecule has 0 aliphatic heterocycles. The summed E-state index contributed by atoms with van der Waals surface area (Å²) in [4.78, 5) is 22.1. The average molecular weight is 478 g/mol. The summed E-state index contributed by atoms with van der Waals surface area (Å²) < 4.78 is 15.7. The number of fused-ring (bicyclic) bond motifs is 1. The highest BCUT2D eigenvalue weighted by molar-refractivity contribution is 5.96. The van der Waals surface area contributed by atoms with Gasteiger partial charge in [0.2, 0.25) is 5.95 Å². The third-order valence-corrected chi connectivity index (χ3v) is 5.76. The van der Waals surface area contributed by atoms with Gasteiger partial charge < -0.3 is 11.1 Å². The SMILES string of the molecule is C[C@H](Nc1nc(N)ncc1C#N)c1cc2cccc(-c3ccnnc3)c2c(=O)n1-c1cccc(F)c1. The number of nitriles is 1. The first-order chi connectivity index (χ1) is 17.5. The van der Waals surface area contributed by atoms with E-state index in [1.165, 1.54) is 22.9 Å². The largest absolute Gasteiger partial charge is 0.368 e. The van der Waals surface area contributed by atoms with Gasteiger partial charge in [-0.2, -0.15) is 20.4 Å². The molecule has 3 aromatic heterocycles. The molecule has 0 saturated heterocycles. The molecule has 0 aliphatic carbocycles. The Morgan fingerprint density at radius 3 is 2.69 bits per heavy atom. The van der Waals surface area contributed by atoms with Crippen molar-refractivity contribution >= 4 is 22.5 Å². The van der Waals surface area contributed by atoms with Crippen LogP contribution in [0, 0.1) is 17.1 Å². The molecule has 9 nitrogen and oxygen atoms in total. The van der Waals surface area contributed by atoms with Crippen LogP contribution in [0.2, 0.25) is 0 Å². The van der Waals surface area contributed by atoms with E-state index >= 15 is 0 Å². The van der Waals surface area contributed by atoms with Gasteiger partial charge in [0.05, 0.1) is 35.7 Å². The van der Waals surface area contributed by atoms with Crippen molar-refractivity contribution in [3.63, 3.8) is 0 Å². The van der Waals surface area contributed by atoms with Crippen molar-refractivity contribution in [3.8, 4) is 22.9 Å². The van der Waals surface area contributed by atoms with Crippen molar-refractivity contribution in [2.75, 3.05) is 11.1 Å². The second-order valence-corrected chi connectivity index (χ2v) is 8.06. The first-order valence-electron chi connectivity index (χ1n) is 11.0. The van der Waals surface area contributed by atoms with E-state index in [1.54, 1.807) is 30.6 Å². The number of nitrogen functional groups attached to an aromatic ring is 1. The summed E-state index contributed by atoms with van der Waals surface area (Å²) >= 11 is 0. The number of nitrogens with one attached hydrogen (secondary N) is 1. The standard InChI is InChI=1S/C26H19FN8O/c1-15(33-24-18(12-28)13-30-26(29)34-24)22-10-16-4-2-7-21(17-8-9-31-32-14-17)23(16)25(36)35(22)20-6-3-5-19(27)11-20/h2-11,13-15H,1H3,(H3,29,30,33,34)/t15-/m0/s1. The Hall–Kier alpha value is -5.17. The Kier molecular flexibility index (Phi) is 5.80. The predicted molar refractivity (Wildman–Crippen MR) is 134 cm³/mol. The second-order valence-electron chi connectivity index (χ2n) is 8.06. The van der Waals surface area contributed by atoms with E-state index in [-0.39, 0.29) is 22.9 Å². The first-order valence-corrected chi connectivity index (χ1v) is 11.0. The van der Waals surface area contributed by atoms with Crippen LogP contribution in [0.1, 0.15) is 24.2 Å². The molecule has 36 heavy (non-hydrogen) atoms. The molecule has 0 bridgehead atoms. The second kappa shape index (κ2) is 9.23. The highest BCUT2D eigenvalue weighted by atomic mass is 19.1. The monoisotopic (exact) mass is 478 g/mol. The Morgan fingerprint density at radius 1 is 1.11 bits per heavy atom. The van der Waals surface area contributed by atoms with Gasteiger partial charge >= 0.3 is 0 Å². The van der Waals surface area contributed by atoms with Gasteiger partial charge in [-0.25, -0.2) is 9.37 Å². The minimum Gasteiger partial charge on any atom is -0.368 e. The van der Waals surface area contributed by atoms with Crippen LogP contribution in [0.25, 0.3) is 27.6 Å². The molecule has 176 valence electrons. The Morgan fingerprint density at radius 2 is 1.94 bits per heavy atom. The van der Waals surface area contributed by atoms with Gasteiger partial charge in [-0.3, -0.25) is 9.36 Å². The fraction of sp³-hybridized carbons (Fsp3) is 0.0769. The molecule has 0 spiro atoms. The lowest BCUT2D eigenvalue weighted by atomic mass is 9.99. The van der Waals surface area contributed by atoms with Crippen molar-refractivity contribution in [2.45, 2.75) is 13.0 Å². The molecule has 5 rings (SSSR count). The van der Waals surface area contributed by atoms with E-state index in [9.17, 15) is 14.4 Å². The van der Waals surface area contributed by atoms with Gasteiger partial charge in [0, 0.05) is 11.3 Å². The molecule has 0 saturated carbocycles. The fourth-order valence-corrected chi connectivity index (χ4v) is 4.14. The van der Waals surface area contributed by atoms with E-state index < -0.39 is 11.9 Å². The number of rotatable bonds is 5. The molecule has 0 aliphatic rings. The lowest BCUT2D eigenvalue weighted by molar-refractivity contribution is 0.625. The molecular weight excluding hydrogens is 459 g/mol. The average Bonchev–Trinajstić information content (AvgIpc) is 2.89. The number of aromatic nitrogens is 5. The van der Waals surface area contributed by atoms with E-state index in [4.69, 9.17) is 5.73 Å². The lowest BCUT2D eigenvalue weighted by Gasteiger charge is -2.22. The molecule has 1 atom stereocenters. The molecule has 3 N–H and O–H groups in total. The molecule has 0 fully saturated rings. The van der Waals surface area contributed by atoms with Crippen LogP contribution in [0.5, 0.6) is 0 Å². The molecule has 3 heterocycles. The van der Waals surface area contributed by atoms with Crippen molar-refractivity contribution < 1.29 is 4.39 Å². The fourth-order valence-electron chi connectivity index (χ4n) is 4.14. The molecule has 0 amide bonds. The number of hydrogen-bond acceptors (Lipinski definition) is 8. The van der Waals surface area contributed by atoms with Crippen LogP contribution in [0.4, 0.5) is 16.2 Å². The minimum atomic E-state index is -0.530. The highest BCUT2D eigenvalue weighted by Gasteiger charge is 2.20. The van der Waals surface area contributed by atoms with Crippen LogP contribution < -0.4 is 16.6 Å². The van der Waals surface area contributed by atoms with E-state index in [2.05, 4.69) is 25.5 Å². The first kappa shape index (κ1) is 22.6. The van der Waals surface area contributed by atoms with Crippen molar-refractivity contribution in [1.82, 2.24) is 24.7 Å². The van der Waals surface area contributed by atoms with Crippen molar-refractivity contribution in [2.24, 2.45) is 0 Å². The van der Waals surface area contributed by atoms with Gasteiger partial charge in [0.15, 0.2) is 0 Å². The number of benzene rings is 2. The van der Waals surface area contributed by atoms with E-state index in [0.717, 1.165) is 5.56 Å². The van der Waals surface area contributed by atoms with E-state index in [0.29, 0.717) is 27.7 Å². The smallest absolute Gasteiger partial charge is 0.263 e. The molecular formula is C26H19FN8O. The maximum atomic E-state index is 14.3. The number of anilines is 2. The number of nitrogens with zero attached hydrogens (tertiary/aromatic N) is 6. The zero-order valence-electron chi connectivity index (χ0n) is 19.1. The maximum Gasteiger partial charge on any atom is 0.263 e. The summed E-state index contributed by atoms with van der Waals surface area (Å²) in [5.74, 6) is -0.249. The Balaban J connectivity index is 1.76. The molecule has 0 radical (unpaired) electrons. The molecule has 0 unspecified atom stereocenters. The summed E-state index contributed by atoms with van der Waals surface area (Å²) in [7, 11) is 0. The molecule has 2 aromatic carbocycles. The minimum absolute atomic E-state index is 0.000310.